The van der Waals surface area contributed by atoms with Gasteiger partial charge in [-0.2, -0.15) is 0 Å². The van der Waals surface area contributed by atoms with Crippen molar-refractivity contribution in [2.24, 2.45) is 0 Å². The highest BCUT2D eigenvalue weighted by atomic mass is 16.5. The van der Waals surface area contributed by atoms with Crippen molar-refractivity contribution in [3.05, 3.63) is 12.2 Å². The summed E-state index contributed by atoms with van der Waals surface area (Å²) in [6.45, 7) is 0. The van der Waals surface area contributed by atoms with Gasteiger partial charge in [-0.05, 0) is 0 Å². The Morgan fingerprint density at radius 2 is 1.91 bits per heavy atom. The molecule has 0 atom stereocenters. The molecule has 0 unspecified atom stereocenters. The SMILES string of the molecule is COC(=O)/C=C/CC(=O)OC. The summed E-state index contributed by atoms with van der Waals surface area (Å²) in [6, 6.07) is 0. The van der Waals surface area contributed by atoms with E-state index in [4.69, 9.17) is 0 Å². The predicted molar refractivity (Wildman–Crippen MR) is 37.8 cm³/mol. The molecule has 0 aliphatic heterocycles. The van der Waals surface area contributed by atoms with E-state index in [9.17, 15) is 9.59 Å². The van der Waals surface area contributed by atoms with Gasteiger partial charge in [0.05, 0.1) is 20.6 Å². The molecule has 0 saturated heterocycles. The van der Waals surface area contributed by atoms with E-state index in [2.05, 4.69) is 9.47 Å². The molecule has 0 aliphatic rings. The van der Waals surface area contributed by atoms with Crippen molar-refractivity contribution in [2.75, 3.05) is 14.2 Å². The molecule has 0 saturated carbocycles. The highest BCUT2D eigenvalue weighted by Crippen LogP contribution is 1.87. The Bertz CT molecular complexity index is 171. The molecule has 0 amide bonds. The van der Waals surface area contributed by atoms with Crippen LogP contribution in [-0.2, 0) is 19.1 Å². The molecule has 0 fully saturated rings. The van der Waals surface area contributed by atoms with Crippen molar-refractivity contribution in [1.29, 1.82) is 0 Å². The fourth-order valence-electron chi connectivity index (χ4n) is 0.403. The standard InChI is InChI=1S/C7H10O4/c1-10-6(8)4-3-5-7(9)11-2/h3-4H,5H2,1-2H3/b4-3+. The Kier molecular flexibility index (Phi) is 4.81. The summed E-state index contributed by atoms with van der Waals surface area (Å²) in [5, 5.41) is 0. The van der Waals surface area contributed by atoms with Crippen LogP contribution in [0.3, 0.4) is 0 Å². The van der Waals surface area contributed by atoms with Crippen LogP contribution < -0.4 is 0 Å². The molecule has 0 aliphatic carbocycles. The number of ether oxygens (including phenoxy) is 2. The second-order valence-electron chi connectivity index (χ2n) is 1.71. The molecule has 0 aromatic heterocycles. The minimum absolute atomic E-state index is 0.0889. The second-order valence-corrected chi connectivity index (χ2v) is 1.71. The van der Waals surface area contributed by atoms with Gasteiger partial charge in [0.15, 0.2) is 0 Å². The van der Waals surface area contributed by atoms with E-state index >= 15 is 0 Å². The average Bonchev–Trinajstić information content (AvgIpc) is 2.04. The molecule has 0 heterocycles. The van der Waals surface area contributed by atoms with Crippen molar-refractivity contribution in [3.8, 4) is 0 Å². The number of esters is 2. The summed E-state index contributed by atoms with van der Waals surface area (Å²) in [5.41, 5.74) is 0. The fraction of sp³-hybridized carbons (Fsp3) is 0.429. The van der Waals surface area contributed by atoms with E-state index in [-0.39, 0.29) is 12.4 Å². The van der Waals surface area contributed by atoms with Crippen LogP contribution in [-0.4, -0.2) is 26.2 Å². The number of hydrogen-bond donors (Lipinski definition) is 0. The highest BCUT2D eigenvalue weighted by molar-refractivity contribution is 5.83. The number of rotatable bonds is 3. The Balaban J connectivity index is 3.60. The van der Waals surface area contributed by atoms with E-state index in [1.807, 2.05) is 0 Å². The quantitative estimate of drug-likeness (QED) is 0.437. The molecule has 0 N–H and O–H groups in total. The lowest BCUT2D eigenvalue weighted by atomic mass is 10.4. The molecule has 62 valence electrons. The van der Waals surface area contributed by atoms with Gasteiger partial charge in [0.1, 0.15) is 0 Å². The highest BCUT2D eigenvalue weighted by Gasteiger charge is 1.95. The minimum atomic E-state index is -0.478. The number of carbonyl (C=O) groups excluding carboxylic acids is 2. The smallest absolute Gasteiger partial charge is 0.330 e. The largest absolute Gasteiger partial charge is 0.469 e. The zero-order valence-corrected chi connectivity index (χ0v) is 6.49. The maximum Gasteiger partial charge on any atom is 0.330 e. The minimum Gasteiger partial charge on any atom is -0.469 e. The van der Waals surface area contributed by atoms with Crippen molar-refractivity contribution in [2.45, 2.75) is 6.42 Å². The van der Waals surface area contributed by atoms with Gasteiger partial charge < -0.3 is 9.47 Å². The van der Waals surface area contributed by atoms with Gasteiger partial charge >= 0.3 is 11.9 Å². The summed E-state index contributed by atoms with van der Waals surface area (Å²) in [7, 11) is 2.55. The number of hydrogen-bond acceptors (Lipinski definition) is 4. The molecule has 0 aromatic rings. The molecule has 0 rings (SSSR count). The molecule has 0 spiro atoms. The lowest BCUT2D eigenvalue weighted by Crippen LogP contribution is -1.98. The van der Waals surface area contributed by atoms with Crippen molar-refractivity contribution in [1.82, 2.24) is 0 Å². The predicted octanol–water partition coefficient (Wildman–Crippen LogP) is 0.279. The fourth-order valence-corrected chi connectivity index (χ4v) is 0.403. The molecule has 0 bridgehead atoms. The number of carbonyl (C=O) groups is 2. The van der Waals surface area contributed by atoms with Gasteiger partial charge in [-0.1, -0.05) is 6.08 Å². The summed E-state index contributed by atoms with van der Waals surface area (Å²) >= 11 is 0. The van der Waals surface area contributed by atoms with Crippen LogP contribution in [0.15, 0.2) is 12.2 Å². The van der Waals surface area contributed by atoms with Gasteiger partial charge in [-0.15, -0.1) is 0 Å². The molecular weight excluding hydrogens is 148 g/mol. The lowest BCUT2D eigenvalue weighted by Gasteiger charge is -1.91. The maximum atomic E-state index is 10.5. The van der Waals surface area contributed by atoms with E-state index < -0.39 is 5.97 Å². The maximum absolute atomic E-state index is 10.5. The first-order chi connectivity index (χ1) is 5.20. The van der Waals surface area contributed by atoms with Crippen LogP contribution in [0.1, 0.15) is 6.42 Å². The zero-order chi connectivity index (χ0) is 8.69. The van der Waals surface area contributed by atoms with Gasteiger partial charge in [0.25, 0.3) is 0 Å². The molecule has 0 radical (unpaired) electrons. The number of methoxy groups -OCH3 is 2. The summed E-state index contributed by atoms with van der Waals surface area (Å²) < 4.78 is 8.61. The van der Waals surface area contributed by atoms with E-state index in [0.717, 1.165) is 0 Å². The van der Waals surface area contributed by atoms with Crippen molar-refractivity contribution < 1.29 is 19.1 Å². The Hall–Kier alpha value is -1.32. The van der Waals surface area contributed by atoms with Crippen LogP contribution in [0.5, 0.6) is 0 Å². The molecule has 11 heavy (non-hydrogen) atoms. The van der Waals surface area contributed by atoms with Crippen LogP contribution >= 0.6 is 0 Å². The van der Waals surface area contributed by atoms with Gasteiger partial charge in [-0.3, -0.25) is 4.79 Å². The lowest BCUT2D eigenvalue weighted by molar-refractivity contribution is -0.139. The van der Waals surface area contributed by atoms with Crippen LogP contribution in [0.2, 0.25) is 0 Å². The third-order valence-corrected chi connectivity index (χ3v) is 0.967. The average molecular weight is 158 g/mol. The Labute approximate surface area is 64.8 Å². The van der Waals surface area contributed by atoms with Gasteiger partial charge in [0.2, 0.25) is 0 Å². The first-order valence-corrected chi connectivity index (χ1v) is 3.02. The Morgan fingerprint density at radius 1 is 1.27 bits per heavy atom. The first-order valence-electron chi connectivity index (χ1n) is 3.02. The van der Waals surface area contributed by atoms with Gasteiger partial charge in [-0.25, -0.2) is 4.79 Å². The van der Waals surface area contributed by atoms with E-state index in [1.165, 1.54) is 26.4 Å². The third kappa shape index (κ3) is 5.14. The van der Waals surface area contributed by atoms with Crippen LogP contribution in [0.4, 0.5) is 0 Å². The summed E-state index contributed by atoms with van der Waals surface area (Å²) in [4.78, 5) is 20.9. The molecular formula is C7H10O4. The van der Waals surface area contributed by atoms with Gasteiger partial charge in [0, 0.05) is 6.08 Å². The van der Waals surface area contributed by atoms with Crippen LogP contribution in [0.25, 0.3) is 0 Å². The molecule has 0 aromatic carbocycles. The molecule has 4 nitrogen and oxygen atoms in total. The summed E-state index contributed by atoms with van der Waals surface area (Å²) in [5.74, 6) is -0.862. The van der Waals surface area contributed by atoms with Crippen molar-refractivity contribution in [3.63, 3.8) is 0 Å². The monoisotopic (exact) mass is 158 g/mol. The van der Waals surface area contributed by atoms with E-state index in [0.29, 0.717) is 0 Å². The Morgan fingerprint density at radius 3 is 2.36 bits per heavy atom. The second kappa shape index (κ2) is 5.46. The third-order valence-electron chi connectivity index (χ3n) is 0.967. The summed E-state index contributed by atoms with van der Waals surface area (Å²) in [6.07, 6.45) is 2.65. The zero-order valence-electron chi connectivity index (χ0n) is 6.49. The van der Waals surface area contributed by atoms with Crippen LogP contribution in [0, 0.1) is 0 Å². The van der Waals surface area contributed by atoms with E-state index in [1.54, 1.807) is 0 Å². The normalized spacial score (nSPS) is 9.64. The first kappa shape index (κ1) is 9.68. The topological polar surface area (TPSA) is 52.6 Å². The molecule has 4 heteroatoms. The van der Waals surface area contributed by atoms with Crippen molar-refractivity contribution >= 4 is 11.9 Å².